The summed E-state index contributed by atoms with van der Waals surface area (Å²) in [6.45, 7) is 0. The van der Waals surface area contributed by atoms with Crippen LogP contribution in [0.2, 0.25) is 0 Å². The van der Waals surface area contributed by atoms with E-state index in [1.54, 1.807) is 18.2 Å². The van der Waals surface area contributed by atoms with Crippen molar-refractivity contribution in [3.63, 3.8) is 0 Å². The molecule has 1 aromatic carbocycles. The first-order chi connectivity index (χ1) is 9.76. The first kappa shape index (κ1) is 12.4. The molecule has 0 aliphatic carbocycles. The van der Waals surface area contributed by atoms with Gasteiger partial charge in [-0.3, -0.25) is 4.98 Å². The summed E-state index contributed by atoms with van der Waals surface area (Å²) < 4.78 is 0. The lowest BCUT2D eigenvalue weighted by molar-refractivity contribution is 0.0377. The molecule has 2 aromatic rings. The summed E-state index contributed by atoms with van der Waals surface area (Å²) in [6.07, 6.45) is 1.04. The Labute approximate surface area is 117 Å². The summed E-state index contributed by atoms with van der Waals surface area (Å²) in [5.41, 5.74) is 5.38. The molecule has 0 bridgehead atoms. The van der Waals surface area contributed by atoms with Crippen molar-refractivity contribution in [1.29, 1.82) is 5.26 Å². The van der Waals surface area contributed by atoms with E-state index in [4.69, 9.17) is 17.9 Å². The van der Waals surface area contributed by atoms with E-state index < -0.39 is 6.23 Å². The predicted octanol–water partition coefficient (Wildman–Crippen LogP) is 0.727. The third kappa shape index (κ3) is 2.39. The molecule has 0 amide bonds. The van der Waals surface area contributed by atoms with Gasteiger partial charge < -0.3 is 0 Å². The molecule has 3 rings (SSSR count). The molecule has 2 heterocycles. The molecule has 1 unspecified atom stereocenters. The first-order valence-electron chi connectivity index (χ1n) is 5.98. The number of benzene rings is 1. The van der Waals surface area contributed by atoms with Gasteiger partial charge in [0, 0.05) is 11.8 Å². The summed E-state index contributed by atoms with van der Waals surface area (Å²) in [5, 5.41) is 8.74. The van der Waals surface area contributed by atoms with E-state index >= 15 is 0 Å². The normalized spacial score (nSPS) is 17.1. The molecule has 6 heteroatoms. The molecule has 0 fully saturated rings. The number of amidine groups is 1. The molecule has 0 saturated carbocycles. The smallest absolute Gasteiger partial charge is 0.202 e. The van der Waals surface area contributed by atoms with Gasteiger partial charge in [-0.05, 0) is 12.1 Å². The van der Waals surface area contributed by atoms with Crippen LogP contribution in [0.4, 0.5) is 0 Å². The van der Waals surface area contributed by atoms with Crippen LogP contribution in [-0.4, -0.2) is 18.7 Å². The van der Waals surface area contributed by atoms with Crippen molar-refractivity contribution in [2.45, 2.75) is 6.23 Å². The van der Waals surface area contributed by atoms with Crippen LogP contribution in [0, 0.1) is 11.3 Å². The van der Waals surface area contributed by atoms with Crippen LogP contribution in [0.5, 0.6) is 0 Å². The highest BCUT2D eigenvalue weighted by Crippen LogP contribution is 2.21. The van der Waals surface area contributed by atoms with Crippen LogP contribution in [-0.2, 0) is 4.84 Å². The molecule has 1 atom stereocenters. The Bertz CT molecular complexity index is 706. The Kier molecular flexibility index (Phi) is 3.19. The molecule has 0 saturated heterocycles. The number of hydrogen-bond acceptors (Lipinski definition) is 5. The van der Waals surface area contributed by atoms with E-state index in [-0.39, 0.29) is 0 Å². The van der Waals surface area contributed by atoms with Gasteiger partial charge in [-0.15, -0.1) is 0 Å². The number of aliphatic imine (C=N–C) groups is 1. The lowest BCUT2D eigenvalue weighted by Gasteiger charge is -2.06. The summed E-state index contributed by atoms with van der Waals surface area (Å²) >= 11 is 0. The van der Waals surface area contributed by atoms with Gasteiger partial charge >= 0.3 is 0 Å². The number of aromatic nitrogens is 1. The van der Waals surface area contributed by atoms with Crippen molar-refractivity contribution >= 4 is 19.1 Å². The number of nitrogens with one attached hydrogen (secondary N) is 1. The Hall–Kier alpha value is -2.65. The standard InChI is InChI=1S/C14H9BN4O/c15-11-3-1-2-10(6-11)14-18-13(19-20-14)12-5-4-9(7-16)8-17-12/h1-6,8,14H,(H,18,19). The maximum absolute atomic E-state index is 8.74. The Morgan fingerprint density at radius 3 is 2.90 bits per heavy atom. The summed E-state index contributed by atoms with van der Waals surface area (Å²) in [5.74, 6) is 0.530. The Morgan fingerprint density at radius 1 is 1.30 bits per heavy atom. The van der Waals surface area contributed by atoms with E-state index in [2.05, 4.69) is 15.5 Å². The zero-order valence-electron chi connectivity index (χ0n) is 10.4. The van der Waals surface area contributed by atoms with E-state index in [1.807, 2.05) is 24.3 Å². The van der Waals surface area contributed by atoms with Crippen molar-refractivity contribution < 1.29 is 4.84 Å². The van der Waals surface area contributed by atoms with Crippen LogP contribution in [0.3, 0.4) is 0 Å². The molecule has 1 aliphatic rings. The Balaban J connectivity index is 1.86. The molecule has 2 radical (unpaired) electrons. The molecule has 20 heavy (non-hydrogen) atoms. The van der Waals surface area contributed by atoms with Crippen LogP contribution >= 0.6 is 0 Å². The maximum atomic E-state index is 8.74. The number of nitrogens with zero attached hydrogens (tertiary/aromatic N) is 3. The second-order valence-electron chi connectivity index (χ2n) is 4.26. The van der Waals surface area contributed by atoms with Crippen LogP contribution in [0.15, 0.2) is 47.6 Å². The van der Waals surface area contributed by atoms with Gasteiger partial charge in [-0.1, -0.05) is 29.7 Å². The number of hydrogen-bond donors (Lipinski definition) is 1. The van der Waals surface area contributed by atoms with Gasteiger partial charge in [0.05, 0.1) is 5.56 Å². The van der Waals surface area contributed by atoms with Gasteiger partial charge in [-0.25, -0.2) is 15.3 Å². The van der Waals surface area contributed by atoms with Crippen molar-refractivity contribution in [2.75, 3.05) is 0 Å². The average Bonchev–Trinajstić information content (AvgIpc) is 2.97. The van der Waals surface area contributed by atoms with Crippen molar-refractivity contribution in [1.82, 2.24) is 10.5 Å². The fraction of sp³-hybridized carbons (Fsp3) is 0.0714. The van der Waals surface area contributed by atoms with Gasteiger partial charge in [0.25, 0.3) is 0 Å². The number of rotatable bonds is 2. The molecular weight excluding hydrogens is 251 g/mol. The largest absolute Gasteiger partial charge is 0.252 e. The van der Waals surface area contributed by atoms with Crippen LogP contribution in [0.1, 0.15) is 23.0 Å². The van der Waals surface area contributed by atoms with Crippen molar-refractivity contribution in [3.8, 4) is 6.07 Å². The van der Waals surface area contributed by atoms with Crippen LogP contribution in [0.25, 0.3) is 0 Å². The molecule has 1 aliphatic heterocycles. The molecule has 1 N–H and O–H groups in total. The minimum atomic E-state index is -0.453. The van der Waals surface area contributed by atoms with Gasteiger partial charge in [0.15, 0.2) is 5.84 Å². The van der Waals surface area contributed by atoms with Crippen molar-refractivity contribution in [2.24, 2.45) is 4.99 Å². The SMILES string of the molecule is [B]c1cccc(C2N=C(c3ccc(C#N)cn3)NO2)c1. The second kappa shape index (κ2) is 5.15. The summed E-state index contributed by atoms with van der Waals surface area (Å²) in [6, 6.07) is 12.8. The molecular formula is C14H9BN4O. The van der Waals surface area contributed by atoms with Crippen LogP contribution < -0.4 is 10.9 Å². The lowest BCUT2D eigenvalue weighted by atomic mass is 9.94. The second-order valence-corrected chi connectivity index (χ2v) is 4.26. The Morgan fingerprint density at radius 2 is 2.20 bits per heavy atom. The number of hydroxylamine groups is 1. The number of pyridine rings is 1. The fourth-order valence-corrected chi connectivity index (χ4v) is 1.86. The zero-order valence-corrected chi connectivity index (χ0v) is 10.4. The van der Waals surface area contributed by atoms with E-state index in [0.29, 0.717) is 22.6 Å². The van der Waals surface area contributed by atoms with Gasteiger partial charge in [0.2, 0.25) is 6.23 Å². The third-order valence-electron chi connectivity index (χ3n) is 2.84. The van der Waals surface area contributed by atoms with E-state index in [0.717, 1.165) is 5.56 Å². The topological polar surface area (TPSA) is 70.3 Å². The zero-order chi connectivity index (χ0) is 13.9. The molecule has 0 spiro atoms. The minimum absolute atomic E-state index is 0.453. The van der Waals surface area contributed by atoms with Gasteiger partial charge in [-0.2, -0.15) is 5.26 Å². The minimum Gasteiger partial charge on any atom is -0.252 e. The third-order valence-corrected chi connectivity index (χ3v) is 2.84. The quantitative estimate of drug-likeness (QED) is 0.808. The van der Waals surface area contributed by atoms with Crippen molar-refractivity contribution in [3.05, 3.63) is 59.4 Å². The molecule has 1 aromatic heterocycles. The van der Waals surface area contributed by atoms with E-state index in [1.165, 1.54) is 6.20 Å². The fourth-order valence-electron chi connectivity index (χ4n) is 1.86. The summed E-state index contributed by atoms with van der Waals surface area (Å²) in [4.78, 5) is 14.0. The summed E-state index contributed by atoms with van der Waals surface area (Å²) in [7, 11) is 5.74. The highest BCUT2D eigenvalue weighted by Gasteiger charge is 2.21. The lowest BCUT2D eigenvalue weighted by Crippen LogP contribution is -2.19. The highest BCUT2D eigenvalue weighted by atomic mass is 16.7. The monoisotopic (exact) mass is 260 g/mol. The molecule has 94 valence electrons. The highest BCUT2D eigenvalue weighted by molar-refractivity contribution is 6.32. The number of nitriles is 1. The maximum Gasteiger partial charge on any atom is 0.202 e. The average molecular weight is 260 g/mol. The first-order valence-corrected chi connectivity index (χ1v) is 5.98. The van der Waals surface area contributed by atoms with Gasteiger partial charge in [0.1, 0.15) is 19.6 Å². The van der Waals surface area contributed by atoms with E-state index in [9.17, 15) is 0 Å². The predicted molar refractivity (Wildman–Crippen MR) is 74.3 cm³/mol. The molecule has 5 nitrogen and oxygen atoms in total.